The molecule has 0 aliphatic heterocycles. The summed E-state index contributed by atoms with van der Waals surface area (Å²) < 4.78 is 0. The number of hydrogen-bond acceptors (Lipinski definition) is 6. The molecule has 0 rings (SSSR count). The Hall–Kier alpha value is -1.81. The van der Waals surface area contributed by atoms with Crippen LogP contribution in [0, 0.1) is 5.92 Å². The van der Waals surface area contributed by atoms with Crippen molar-refractivity contribution < 1.29 is 29.4 Å². The third-order valence-electron chi connectivity index (χ3n) is 3.59. The Balaban J connectivity index is 5.05. The lowest BCUT2D eigenvalue weighted by molar-refractivity contribution is -0.143. The molecular formula is C14H25N3O6S. The molecule has 9 nitrogen and oxygen atoms in total. The lowest BCUT2D eigenvalue weighted by atomic mass is 9.97. The standard InChI is InChI=1S/C14H25N3O6S/c1-3-7(2)11(17-12(20)8(15)6-24)13(21)16-9(14(22)23)4-5-10(18)19/h7-9,11,24H,3-6,15H2,1-2H3,(H,16,21)(H,17,20)(H,18,19)(H,22,23)/t7-,8-,9-,11-/m0/s1. The van der Waals surface area contributed by atoms with Gasteiger partial charge in [0.1, 0.15) is 12.1 Å². The number of carbonyl (C=O) groups excluding carboxylic acids is 2. The monoisotopic (exact) mass is 363 g/mol. The number of rotatable bonds is 11. The number of carbonyl (C=O) groups is 4. The Kier molecular flexibility index (Phi) is 10.0. The van der Waals surface area contributed by atoms with Crippen LogP contribution in [0.25, 0.3) is 0 Å². The van der Waals surface area contributed by atoms with Gasteiger partial charge in [-0.25, -0.2) is 4.79 Å². The van der Waals surface area contributed by atoms with Gasteiger partial charge < -0.3 is 26.6 Å². The minimum Gasteiger partial charge on any atom is -0.481 e. The molecule has 10 heteroatoms. The third kappa shape index (κ3) is 7.64. The van der Waals surface area contributed by atoms with Crippen LogP contribution in [-0.2, 0) is 19.2 Å². The molecule has 24 heavy (non-hydrogen) atoms. The van der Waals surface area contributed by atoms with Crippen LogP contribution in [-0.4, -0.2) is 57.8 Å². The van der Waals surface area contributed by atoms with Gasteiger partial charge in [0, 0.05) is 12.2 Å². The summed E-state index contributed by atoms with van der Waals surface area (Å²) >= 11 is 3.91. The van der Waals surface area contributed by atoms with Crippen molar-refractivity contribution in [3.05, 3.63) is 0 Å². The minimum atomic E-state index is -1.35. The summed E-state index contributed by atoms with van der Waals surface area (Å²) in [5.74, 6) is -3.94. The van der Waals surface area contributed by atoms with Gasteiger partial charge >= 0.3 is 11.9 Å². The normalized spacial score (nSPS) is 15.7. The summed E-state index contributed by atoms with van der Waals surface area (Å²) in [5.41, 5.74) is 5.56. The first-order chi connectivity index (χ1) is 11.1. The van der Waals surface area contributed by atoms with Gasteiger partial charge in [-0.05, 0) is 12.3 Å². The van der Waals surface area contributed by atoms with E-state index in [0.717, 1.165) is 0 Å². The number of nitrogens with one attached hydrogen (secondary N) is 2. The van der Waals surface area contributed by atoms with Crippen molar-refractivity contribution in [1.29, 1.82) is 0 Å². The highest BCUT2D eigenvalue weighted by molar-refractivity contribution is 7.80. The fourth-order valence-electron chi connectivity index (χ4n) is 1.83. The molecule has 0 fully saturated rings. The Bertz CT molecular complexity index is 473. The van der Waals surface area contributed by atoms with Crippen LogP contribution in [0.4, 0.5) is 0 Å². The van der Waals surface area contributed by atoms with E-state index >= 15 is 0 Å². The van der Waals surface area contributed by atoms with E-state index in [9.17, 15) is 19.2 Å². The highest BCUT2D eigenvalue weighted by atomic mass is 32.1. The van der Waals surface area contributed by atoms with Gasteiger partial charge in [-0.2, -0.15) is 12.6 Å². The predicted molar refractivity (Wildman–Crippen MR) is 89.7 cm³/mol. The second-order valence-electron chi connectivity index (χ2n) is 5.49. The molecule has 0 bridgehead atoms. The van der Waals surface area contributed by atoms with Crippen molar-refractivity contribution in [3.8, 4) is 0 Å². The molecule has 0 saturated heterocycles. The summed E-state index contributed by atoms with van der Waals surface area (Å²) in [6, 6.07) is -3.22. The van der Waals surface area contributed by atoms with E-state index in [4.69, 9.17) is 15.9 Å². The quantitative estimate of drug-likeness (QED) is 0.262. The van der Waals surface area contributed by atoms with Gasteiger partial charge in [0.2, 0.25) is 11.8 Å². The Morgan fingerprint density at radius 2 is 1.71 bits per heavy atom. The van der Waals surface area contributed by atoms with Crippen molar-refractivity contribution in [2.24, 2.45) is 11.7 Å². The molecule has 0 aromatic rings. The Morgan fingerprint density at radius 1 is 1.12 bits per heavy atom. The van der Waals surface area contributed by atoms with Gasteiger partial charge in [0.05, 0.1) is 6.04 Å². The van der Waals surface area contributed by atoms with E-state index in [2.05, 4.69) is 23.3 Å². The van der Waals surface area contributed by atoms with Gasteiger partial charge in [-0.1, -0.05) is 20.3 Å². The molecule has 0 unspecified atom stereocenters. The van der Waals surface area contributed by atoms with Crippen molar-refractivity contribution in [3.63, 3.8) is 0 Å². The van der Waals surface area contributed by atoms with Gasteiger partial charge in [-0.15, -0.1) is 0 Å². The van der Waals surface area contributed by atoms with Crippen molar-refractivity contribution in [1.82, 2.24) is 10.6 Å². The average molecular weight is 363 g/mol. The highest BCUT2D eigenvalue weighted by Crippen LogP contribution is 2.10. The molecule has 0 aliphatic carbocycles. The maximum atomic E-state index is 12.4. The van der Waals surface area contributed by atoms with Crippen LogP contribution in [0.3, 0.4) is 0 Å². The molecule has 138 valence electrons. The van der Waals surface area contributed by atoms with Crippen LogP contribution < -0.4 is 16.4 Å². The van der Waals surface area contributed by atoms with E-state index in [0.29, 0.717) is 6.42 Å². The smallest absolute Gasteiger partial charge is 0.326 e. The molecule has 0 aliphatic rings. The van der Waals surface area contributed by atoms with Crippen LogP contribution in [0.15, 0.2) is 0 Å². The Morgan fingerprint density at radius 3 is 2.12 bits per heavy atom. The lowest BCUT2D eigenvalue weighted by Gasteiger charge is -2.26. The number of hydrogen-bond donors (Lipinski definition) is 6. The molecule has 0 spiro atoms. The number of carboxylic acids is 2. The molecule has 2 amide bonds. The summed E-state index contributed by atoms with van der Waals surface area (Å²) in [7, 11) is 0. The molecule has 4 atom stereocenters. The largest absolute Gasteiger partial charge is 0.481 e. The maximum Gasteiger partial charge on any atom is 0.326 e. The zero-order chi connectivity index (χ0) is 18.9. The molecule has 6 N–H and O–H groups in total. The van der Waals surface area contributed by atoms with Crippen molar-refractivity contribution in [2.75, 3.05) is 5.75 Å². The van der Waals surface area contributed by atoms with Crippen LogP contribution in [0.1, 0.15) is 33.1 Å². The first kappa shape index (κ1) is 22.2. The number of aliphatic carboxylic acids is 2. The van der Waals surface area contributed by atoms with Gasteiger partial charge in [0.25, 0.3) is 0 Å². The molecule has 0 saturated carbocycles. The van der Waals surface area contributed by atoms with Gasteiger partial charge in [-0.3, -0.25) is 14.4 Å². The summed E-state index contributed by atoms with van der Waals surface area (Å²) in [6.07, 6.45) is -0.1000. The fourth-order valence-corrected chi connectivity index (χ4v) is 2.00. The van der Waals surface area contributed by atoms with E-state index in [1.807, 2.05) is 6.92 Å². The third-order valence-corrected chi connectivity index (χ3v) is 3.98. The lowest BCUT2D eigenvalue weighted by Crippen LogP contribution is -2.57. The number of amides is 2. The topological polar surface area (TPSA) is 159 Å². The van der Waals surface area contributed by atoms with E-state index < -0.39 is 48.3 Å². The van der Waals surface area contributed by atoms with Gasteiger partial charge in [0.15, 0.2) is 0 Å². The van der Waals surface area contributed by atoms with Crippen molar-refractivity contribution >= 4 is 36.4 Å². The summed E-state index contributed by atoms with van der Waals surface area (Å²) in [5, 5.41) is 22.5. The van der Waals surface area contributed by atoms with Crippen LogP contribution in [0.5, 0.6) is 0 Å². The number of carboxylic acid groups (broad SMARTS) is 2. The maximum absolute atomic E-state index is 12.4. The first-order valence-electron chi connectivity index (χ1n) is 7.55. The average Bonchev–Trinajstić information content (AvgIpc) is 2.53. The second-order valence-corrected chi connectivity index (χ2v) is 5.86. The highest BCUT2D eigenvalue weighted by Gasteiger charge is 2.30. The number of nitrogens with two attached hydrogens (primary N) is 1. The molecule has 0 aromatic carbocycles. The zero-order valence-electron chi connectivity index (χ0n) is 13.7. The number of thiol groups is 1. The predicted octanol–water partition coefficient (Wildman–Crippen LogP) is -0.791. The van der Waals surface area contributed by atoms with Crippen LogP contribution >= 0.6 is 12.6 Å². The molecular weight excluding hydrogens is 338 g/mol. The minimum absolute atomic E-state index is 0.0943. The van der Waals surface area contributed by atoms with Crippen molar-refractivity contribution in [2.45, 2.75) is 51.2 Å². The summed E-state index contributed by atoms with van der Waals surface area (Å²) in [6.45, 7) is 3.54. The fraction of sp³-hybridized carbons (Fsp3) is 0.714. The first-order valence-corrected chi connectivity index (χ1v) is 8.19. The summed E-state index contributed by atoms with van der Waals surface area (Å²) in [4.78, 5) is 46.0. The van der Waals surface area contributed by atoms with E-state index in [1.165, 1.54) is 0 Å². The van der Waals surface area contributed by atoms with E-state index in [1.54, 1.807) is 6.92 Å². The molecule has 0 heterocycles. The second kappa shape index (κ2) is 10.9. The Labute approximate surface area is 145 Å². The SMILES string of the molecule is CC[C@H](C)[C@H](NC(=O)[C@@H](N)CS)C(=O)N[C@@H](CCC(=O)O)C(=O)O. The zero-order valence-corrected chi connectivity index (χ0v) is 14.6. The molecule has 0 aromatic heterocycles. The van der Waals surface area contributed by atoms with E-state index in [-0.39, 0.29) is 18.1 Å². The molecule has 0 radical (unpaired) electrons. The van der Waals surface area contributed by atoms with Crippen LogP contribution in [0.2, 0.25) is 0 Å².